The van der Waals surface area contributed by atoms with Gasteiger partial charge < -0.3 is 9.47 Å². The molecule has 4 aliphatic rings. The molecule has 1 aromatic carbocycles. The van der Waals surface area contributed by atoms with Crippen molar-refractivity contribution in [1.82, 2.24) is 0 Å². The second kappa shape index (κ2) is 13.3. The summed E-state index contributed by atoms with van der Waals surface area (Å²) in [4.78, 5) is 0. The molecule has 3 aliphatic carbocycles. The van der Waals surface area contributed by atoms with Crippen LogP contribution in [0.5, 0.6) is 5.75 Å². The summed E-state index contributed by atoms with van der Waals surface area (Å²) in [5, 5.41) is 0. The maximum absolute atomic E-state index is 14.7. The molecule has 0 amide bonds. The van der Waals surface area contributed by atoms with Crippen molar-refractivity contribution >= 4 is 0 Å². The van der Waals surface area contributed by atoms with Crippen LogP contribution in [0, 0.1) is 47.1 Å². The molecule has 0 spiro atoms. The Bertz CT molecular complexity index is 897. The summed E-state index contributed by atoms with van der Waals surface area (Å²) < 4.78 is 40.9. The summed E-state index contributed by atoms with van der Waals surface area (Å²) >= 11 is 0. The molecule has 0 N–H and O–H groups in total. The van der Waals surface area contributed by atoms with Crippen LogP contribution in [-0.4, -0.2) is 19.3 Å². The summed E-state index contributed by atoms with van der Waals surface area (Å²) in [6, 6.07) is 3.36. The van der Waals surface area contributed by atoms with Crippen LogP contribution in [0.2, 0.25) is 0 Å². The van der Waals surface area contributed by atoms with Crippen molar-refractivity contribution < 1.29 is 18.3 Å². The average Bonchev–Trinajstić information content (AvgIpc) is 2.97. The quantitative estimate of drug-likeness (QED) is 0.328. The summed E-state index contributed by atoms with van der Waals surface area (Å²) in [6.45, 7) is 5.27. The zero-order chi connectivity index (χ0) is 26.5. The lowest BCUT2D eigenvalue weighted by molar-refractivity contribution is -0.0752. The van der Waals surface area contributed by atoms with Gasteiger partial charge in [0.05, 0.1) is 19.3 Å². The minimum atomic E-state index is -0.821. The third-order valence-corrected chi connectivity index (χ3v) is 10.9. The van der Waals surface area contributed by atoms with Crippen molar-refractivity contribution in [3.05, 3.63) is 41.5 Å². The fourth-order valence-electron chi connectivity index (χ4n) is 8.64. The van der Waals surface area contributed by atoms with Crippen molar-refractivity contribution in [2.45, 2.75) is 116 Å². The summed E-state index contributed by atoms with van der Waals surface area (Å²) in [5.74, 6) is 3.43. The molecule has 38 heavy (non-hydrogen) atoms. The topological polar surface area (TPSA) is 18.5 Å². The Morgan fingerprint density at radius 2 is 1.32 bits per heavy atom. The van der Waals surface area contributed by atoms with Crippen LogP contribution in [0.1, 0.15) is 115 Å². The summed E-state index contributed by atoms with van der Waals surface area (Å²) in [7, 11) is 0. The number of hydrogen-bond acceptors (Lipinski definition) is 2. The molecule has 4 fully saturated rings. The first-order valence-electron chi connectivity index (χ1n) is 15.9. The Morgan fingerprint density at radius 1 is 0.737 bits per heavy atom. The fraction of sp³-hybridized carbons (Fsp3) is 0.765. The van der Waals surface area contributed by atoms with E-state index < -0.39 is 11.6 Å². The second-order valence-corrected chi connectivity index (χ2v) is 12.9. The fourth-order valence-corrected chi connectivity index (χ4v) is 8.64. The SMILES string of the molecule is CC=CC1CCC(C2CCC(C3CCC(C4CCC(c5ccc(OCC)c(F)c5F)CC4)CC3)OC2)CC1. The highest BCUT2D eigenvalue weighted by atomic mass is 19.2. The van der Waals surface area contributed by atoms with Crippen LogP contribution in [0.15, 0.2) is 24.3 Å². The Morgan fingerprint density at radius 3 is 1.92 bits per heavy atom. The molecular weight excluding hydrogens is 478 g/mol. The number of benzene rings is 1. The zero-order valence-corrected chi connectivity index (χ0v) is 23.8. The normalized spacial score (nSPS) is 36.8. The van der Waals surface area contributed by atoms with Crippen LogP contribution < -0.4 is 4.74 Å². The lowest BCUT2D eigenvalue weighted by Crippen LogP contribution is -2.37. The van der Waals surface area contributed by atoms with Gasteiger partial charge in [-0.1, -0.05) is 18.2 Å². The third-order valence-electron chi connectivity index (χ3n) is 10.9. The Kier molecular flexibility index (Phi) is 9.84. The molecule has 2 unspecified atom stereocenters. The lowest BCUT2D eigenvalue weighted by atomic mass is 9.67. The molecule has 2 nitrogen and oxygen atoms in total. The Hall–Kier alpha value is -1.42. The van der Waals surface area contributed by atoms with Gasteiger partial charge in [0.25, 0.3) is 0 Å². The van der Waals surface area contributed by atoms with Gasteiger partial charge >= 0.3 is 0 Å². The second-order valence-electron chi connectivity index (χ2n) is 12.9. The first-order valence-corrected chi connectivity index (χ1v) is 15.9. The number of hydrogen-bond donors (Lipinski definition) is 0. The molecule has 0 bridgehead atoms. The zero-order valence-electron chi connectivity index (χ0n) is 23.8. The minimum Gasteiger partial charge on any atom is -0.491 e. The van der Waals surface area contributed by atoms with Crippen molar-refractivity contribution in [3.8, 4) is 5.75 Å². The number of halogens is 2. The number of allylic oxidation sites excluding steroid dienone is 2. The molecular formula is C34H50F2O2. The first kappa shape index (κ1) is 28.1. The molecule has 1 aromatic rings. The van der Waals surface area contributed by atoms with Gasteiger partial charge in [0.1, 0.15) is 0 Å². The maximum atomic E-state index is 14.7. The molecule has 4 heteroatoms. The van der Waals surface area contributed by atoms with Gasteiger partial charge in [0.2, 0.25) is 5.82 Å². The van der Waals surface area contributed by atoms with E-state index in [1.165, 1.54) is 64.2 Å². The van der Waals surface area contributed by atoms with Crippen molar-refractivity contribution in [2.75, 3.05) is 13.2 Å². The molecule has 0 aromatic heterocycles. The van der Waals surface area contributed by atoms with Crippen LogP contribution in [0.3, 0.4) is 0 Å². The van der Waals surface area contributed by atoms with Crippen molar-refractivity contribution in [1.29, 1.82) is 0 Å². The van der Waals surface area contributed by atoms with Gasteiger partial charge in [-0.05, 0) is 157 Å². The molecule has 1 saturated heterocycles. The standard InChI is InChI=1S/C34H50F2O2/c1-3-5-23-6-8-26(9-7-23)29-18-20-31(38-22-29)28-16-12-25(13-17-28)24-10-14-27(15-11-24)30-19-21-32(37-4-2)34(36)33(30)35/h3,5,19,21,23-29,31H,4,6-18,20,22H2,1-2H3. The van der Waals surface area contributed by atoms with E-state index in [0.717, 1.165) is 67.8 Å². The van der Waals surface area contributed by atoms with Gasteiger partial charge in [0, 0.05) is 0 Å². The Labute approximate surface area is 229 Å². The van der Waals surface area contributed by atoms with E-state index in [9.17, 15) is 8.78 Å². The number of rotatable bonds is 7. The van der Waals surface area contributed by atoms with E-state index in [4.69, 9.17) is 9.47 Å². The van der Waals surface area contributed by atoms with Crippen molar-refractivity contribution in [3.63, 3.8) is 0 Å². The van der Waals surface area contributed by atoms with E-state index in [2.05, 4.69) is 19.1 Å². The van der Waals surface area contributed by atoms with Crippen LogP contribution in [0.25, 0.3) is 0 Å². The van der Waals surface area contributed by atoms with Gasteiger partial charge in [0.15, 0.2) is 11.6 Å². The molecule has 212 valence electrons. The van der Waals surface area contributed by atoms with Crippen LogP contribution in [-0.2, 0) is 4.74 Å². The van der Waals surface area contributed by atoms with E-state index in [1.807, 2.05) is 0 Å². The predicted octanol–water partition coefficient (Wildman–Crippen LogP) is 9.62. The minimum absolute atomic E-state index is 0.0313. The smallest absolute Gasteiger partial charge is 0.200 e. The van der Waals surface area contributed by atoms with E-state index >= 15 is 0 Å². The van der Waals surface area contributed by atoms with Gasteiger partial charge in [-0.25, -0.2) is 4.39 Å². The molecule has 1 heterocycles. The third kappa shape index (κ3) is 6.48. The Balaban J connectivity index is 1.03. The molecule has 0 radical (unpaired) electrons. The van der Waals surface area contributed by atoms with Gasteiger partial charge in [-0.2, -0.15) is 4.39 Å². The molecule has 2 atom stereocenters. The summed E-state index contributed by atoms with van der Waals surface area (Å²) in [6.07, 6.45) is 22.8. The first-order chi connectivity index (χ1) is 18.6. The van der Waals surface area contributed by atoms with Crippen LogP contribution >= 0.6 is 0 Å². The molecule has 3 saturated carbocycles. The number of ether oxygens (including phenoxy) is 2. The summed E-state index contributed by atoms with van der Waals surface area (Å²) in [5.41, 5.74) is 0.548. The van der Waals surface area contributed by atoms with Gasteiger partial charge in [-0.15, -0.1) is 0 Å². The highest BCUT2D eigenvalue weighted by molar-refractivity contribution is 5.33. The molecule has 5 rings (SSSR count). The predicted molar refractivity (Wildman–Crippen MR) is 150 cm³/mol. The highest BCUT2D eigenvalue weighted by Crippen LogP contribution is 2.47. The monoisotopic (exact) mass is 528 g/mol. The van der Waals surface area contributed by atoms with E-state index in [-0.39, 0.29) is 11.7 Å². The lowest BCUT2D eigenvalue weighted by Gasteiger charge is -2.43. The van der Waals surface area contributed by atoms with Crippen LogP contribution in [0.4, 0.5) is 8.78 Å². The van der Waals surface area contributed by atoms with Crippen molar-refractivity contribution in [2.24, 2.45) is 35.5 Å². The van der Waals surface area contributed by atoms with E-state index in [0.29, 0.717) is 18.3 Å². The maximum Gasteiger partial charge on any atom is 0.200 e. The van der Waals surface area contributed by atoms with Gasteiger partial charge in [-0.3, -0.25) is 0 Å². The average molecular weight is 529 g/mol. The largest absolute Gasteiger partial charge is 0.491 e. The highest BCUT2D eigenvalue weighted by Gasteiger charge is 2.37. The van der Waals surface area contributed by atoms with E-state index in [1.54, 1.807) is 19.1 Å². The molecule has 1 aliphatic heterocycles.